The van der Waals surface area contributed by atoms with Crippen LogP contribution < -0.4 is 5.32 Å². The highest BCUT2D eigenvalue weighted by atomic mass is 35.5. The zero-order chi connectivity index (χ0) is 14.1. The van der Waals surface area contributed by atoms with E-state index in [9.17, 15) is 0 Å². The number of hydrogen-bond acceptors (Lipinski definition) is 2. The molecule has 5 heteroatoms. The predicted octanol–water partition coefficient (Wildman–Crippen LogP) is 4.79. The molecule has 1 aromatic carbocycles. The molecule has 0 unspecified atom stereocenters. The Hall–Kier alpha value is -1.71. The minimum Gasteiger partial charge on any atom is -0.378 e. The summed E-state index contributed by atoms with van der Waals surface area (Å²) in [5.74, 6) is 0. The van der Waals surface area contributed by atoms with Gasteiger partial charge in [-0.2, -0.15) is 0 Å². The quantitative estimate of drug-likeness (QED) is 0.683. The Labute approximate surface area is 126 Å². The van der Waals surface area contributed by atoms with Crippen LogP contribution in [0.4, 0.5) is 5.69 Å². The van der Waals surface area contributed by atoms with Crippen molar-refractivity contribution < 1.29 is 0 Å². The summed E-state index contributed by atoms with van der Waals surface area (Å²) in [5.41, 5.74) is 3.82. The number of halogens is 2. The summed E-state index contributed by atoms with van der Waals surface area (Å²) in [6.45, 7) is 2.53. The lowest BCUT2D eigenvalue weighted by atomic mass is 10.2. The van der Waals surface area contributed by atoms with E-state index in [0.29, 0.717) is 11.7 Å². The number of rotatable bonds is 3. The topological polar surface area (TPSA) is 40.7 Å². The Morgan fingerprint density at radius 3 is 2.70 bits per heavy atom. The van der Waals surface area contributed by atoms with Crippen molar-refractivity contribution in [1.29, 1.82) is 0 Å². The third-order valence-corrected chi connectivity index (χ3v) is 3.86. The number of anilines is 1. The molecule has 3 nitrogen and oxygen atoms in total. The maximum absolute atomic E-state index is 6.38. The highest BCUT2D eigenvalue weighted by molar-refractivity contribution is 6.36. The molecule has 0 amide bonds. The van der Waals surface area contributed by atoms with Crippen molar-refractivity contribution in [2.75, 3.05) is 5.32 Å². The van der Waals surface area contributed by atoms with Gasteiger partial charge in [0.1, 0.15) is 5.15 Å². The number of aromatic nitrogens is 2. The number of nitrogens with zero attached hydrogens (tertiary/aromatic N) is 1. The fraction of sp³-hybridized carbons (Fsp3) is 0.133. The number of aromatic amines is 1. The fourth-order valence-corrected chi connectivity index (χ4v) is 2.65. The Balaban J connectivity index is 1.85. The van der Waals surface area contributed by atoms with Crippen LogP contribution in [0.2, 0.25) is 10.2 Å². The summed E-state index contributed by atoms with van der Waals surface area (Å²) in [6, 6.07) is 11.7. The monoisotopic (exact) mass is 305 g/mol. The molecule has 0 aliphatic carbocycles. The second-order valence-electron chi connectivity index (χ2n) is 4.58. The molecule has 0 spiro atoms. The Kier molecular flexibility index (Phi) is 3.55. The van der Waals surface area contributed by atoms with Gasteiger partial charge in [-0.3, -0.25) is 0 Å². The van der Waals surface area contributed by atoms with Crippen LogP contribution in [0.15, 0.2) is 36.4 Å². The molecule has 0 saturated carbocycles. The van der Waals surface area contributed by atoms with Gasteiger partial charge < -0.3 is 10.3 Å². The van der Waals surface area contributed by atoms with E-state index in [1.54, 1.807) is 6.07 Å². The molecule has 2 aromatic heterocycles. The molecule has 0 bridgehead atoms. The van der Waals surface area contributed by atoms with Crippen molar-refractivity contribution in [3.05, 3.63) is 58.0 Å². The van der Waals surface area contributed by atoms with Gasteiger partial charge in [-0.05, 0) is 25.1 Å². The van der Waals surface area contributed by atoms with Crippen molar-refractivity contribution in [3.63, 3.8) is 0 Å². The van der Waals surface area contributed by atoms with E-state index in [0.717, 1.165) is 33.0 Å². The summed E-state index contributed by atoms with van der Waals surface area (Å²) >= 11 is 12.2. The number of hydrogen-bond donors (Lipinski definition) is 2. The van der Waals surface area contributed by atoms with Gasteiger partial charge in [-0.1, -0.05) is 41.4 Å². The Bertz CT molecular complexity index is 765. The van der Waals surface area contributed by atoms with Crippen LogP contribution in [0, 0.1) is 6.92 Å². The van der Waals surface area contributed by atoms with Gasteiger partial charge in [0, 0.05) is 10.9 Å². The maximum atomic E-state index is 6.38. The molecule has 3 rings (SSSR count). The van der Waals surface area contributed by atoms with E-state index >= 15 is 0 Å². The zero-order valence-corrected chi connectivity index (χ0v) is 12.4. The second kappa shape index (κ2) is 5.35. The van der Waals surface area contributed by atoms with Gasteiger partial charge in [0.05, 0.1) is 28.6 Å². The van der Waals surface area contributed by atoms with Gasteiger partial charge in [-0.15, -0.1) is 0 Å². The normalized spacial score (nSPS) is 10.9. The second-order valence-corrected chi connectivity index (χ2v) is 5.35. The molecule has 0 aliphatic rings. The summed E-state index contributed by atoms with van der Waals surface area (Å²) in [4.78, 5) is 7.53. The largest absolute Gasteiger partial charge is 0.378 e. The zero-order valence-electron chi connectivity index (χ0n) is 10.9. The predicted molar refractivity (Wildman–Crippen MR) is 84.6 cm³/mol. The molecule has 2 N–H and O–H groups in total. The molecule has 0 saturated heterocycles. The minimum atomic E-state index is 0.497. The molecule has 0 aliphatic heterocycles. The average molecular weight is 306 g/mol. The SMILES string of the molecule is Cc1nc(Cl)ccc1NCc1[nH]c2ccccc2c1Cl. The third kappa shape index (κ3) is 2.47. The first kappa shape index (κ1) is 13.3. The van der Waals surface area contributed by atoms with Crippen LogP contribution in [0.3, 0.4) is 0 Å². The molecule has 0 radical (unpaired) electrons. The number of benzene rings is 1. The highest BCUT2D eigenvalue weighted by Gasteiger charge is 2.09. The number of pyridine rings is 1. The van der Waals surface area contributed by atoms with E-state index in [-0.39, 0.29) is 0 Å². The maximum Gasteiger partial charge on any atom is 0.129 e. The summed E-state index contributed by atoms with van der Waals surface area (Å²) in [7, 11) is 0. The molecular formula is C15H13Cl2N3. The van der Waals surface area contributed by atoms with Crippen LogP contribution in [0.5, 0.6) is 0 Å². The average Bonchev–Trinajstić information content (AvgIpc) is 2.75. The lowest BCUT2D eigenvalue weighted by Gasteiger charge is -2.08. The smallest absolute Gasteiger partial charge is 0.129 e. The van der Waals surface area contributed by atoms with Crippen LogP contribution in [-0.2, 0) is 6.54 Å². The number of nitrogens with one attached hydrogen (secondary N) is 2. The van der Waals surface area contributed by atoms with Crippen molar-refractivity contribution >= 4 is 39.8 Å². The number of H-pyrrole nitrogens is 1. The summed E-state index contributed by atoms with van der Waals surface area (Å²) in [6.07, 6.45) is 0. The summed E-state index contributed by atoms with van der Waals surface area (Å²) < 4.78 is 0. The number of para-hydroxylation sites is 1. The van der Waals surface area contributed by atoms with Gasteiger partial charge in [-0.25, -0.2) is 4.98 Å². The van der Waals surface area contributed by atoms with Gasteiger partial charge in [0.2, 0.25) is 0 Å². The first-order valence-electron chi connectivity index (χ1n) is 6.27. The lowest BCUT2D eigenvalue weighted by Crippen LogP contribution is -2.02. The van der Waals surface area contributed by atoms with Crippen molar-refractivity contribution in [2.45, 2.75) is 13.5 Å². The Morgan fingerprint density at radius 2 is 1.95 bits per heavy atom. The van der Waals surface area contributed by atoms with Crippen LogP contribution >= 0.6 is 23.2 Å². The van der Waals surface area contributed by atoms with E-state index in [4.69, 9.17) is 23.2 Å². The highest BCUT2D eigenvalue weighted by Crippen LogP contribution is 2.28. The third-order valence-electron chi connectivity index (χ3n) is 3.22. The van der Waals surface area contributed by atoms with E-state index in [2.05, 4.69) is 15.3 Å². The fourth-order valence-electron chi connectivity index (χ4n) is 2.19. The Morgan fingerprint density at radius 1 is 1.15 bits per heavy atom. The molecule has 3 aromatic rings. The molecular weight excluding hydrogens is 293 g/mol. The number of aryl methyl sites for hydroxylation is 1. The van der Waals surface area contributed by atoms with E-state index in [1.807, 2.05) is 37.3 Å². The molecule has 2 heterocycles. The van der Waals surface area contributed by atoms with Crippen molar-refractivity contribution in [1.82, 2.24) is 9.97 Å². The standard InChI is InChI=1S/C15H13Cl2N3/c1-9-11(6-7-14(16)19-9)18-8-13-15(17)10-4-2-3-5-12(10)20-13/h2-7,18,20H,8H2,1H3. The van der Waals surface area contributed by atoms with E-state index < -0.39 is 0 Å². The van der Waals surface area contributed by atoms with Gasteiger partial charge in [0.25, 0.3) is 0 Å². The minimum absolute atomic E-state index is 0.497. The molecule has 20 heavy (non-hydrogen) atoms. The van der Waals surface area contributed by atoms with Crippen molar-refractivity contribution in [3.8, 4) is 0 Å². The molecule has 102 valence electrons. The van der Waals surface area contributed by atoms with Gasteiger partial charge >= 0.3 is 0 Å². The first-order chi connectivity index (χ1) is 9.65. The van der Waals surface area contributed by atoms with Crippen LogP contribution in [0.25, 0.3) is 10.9 Å². The summed E-state index contributed by atoms with van der Waals surface area (Å²) in [5, 5.41) is 5.61. The van der Waals surface area contributed by atoms with Crippen LogP contribution in [0.1, 0.15) is 11.4 Å². The lowest BCUT2D eigenvalue weighted by molar-refractivity contribution is 1.06. The van der Waals surface area contributed by atoms with E-state index in [1.165, 1.54) is 0 Å². The first-order valence-corrected chi connectivity index (χ1v) is 7.03. The van der Waals surface area contributed by atoms with Crippen molar-refractivity contribution in [2.24, 2.45) is 0 Å². The number of fused-ring (bicyclic) bond motifs is 1. The van der Waals surface area contributed by atoms with Gasteiger partial charge in [0.15, 0.2) is 0 Å². The van der Waals surface area contributed by atoms with Crippen LogP contribution in [-0.4, -0.2) is 9.97 Å². The molecule has 0 fully saturated rings. The molecule has 0 atom stereocenters.